The second-order valence-electron chi connectivity index (χ2n) is 5.32. The number of imidazole rings is 1. The zero-order chi connectivity index (χ0) is 14.1. The molecule has 1 N–H and O–H groups in total. The van der Waals surface area contributed by atoms with Crippen molar-refractivity contribution in [2.24, 2.45) is 0 Å². The second kappa shape index (κ2) is 5.54. The van der Waals surface area contributed by atoms with Gasteiger partial charge in [-0.2, -0.15) is 0 Å². The Hall–Kier alpha value is -1.40. The molecular formula is C14H19N3O2S. The zero-order valence-electron chi connectivity index (χ0n) is 11.6. The van der Waals surface area contributed by atoms with E-state index in [4.69, 9.17) is 5.11 Å². The van der Waals surface area contributed by atoms with Crippen molar-refractivity contribution in [1.82, 2.24) is 14.3 Å². The molecule has 0 aliphatic carbocycles. The van der Waals surface area contributed by atoms with E-state index >= 15 is 0 Å². The van der Waals surface area contributed by atoms with Gasteiger partial charge in [-0.25, -0.2) is 4.98 Å². The third-order valence-corrected chi connectivity index (χ3v) is 4.92. The van der Waals surface area contributed by atoms with Crippen molar-refractivity contribution in [3.63, 3.8) is 0 Å². The molecule has 2 aromatic rings. The summed E-state index contributed by atoms with van der Waals surface area (Å²) in [5.74, 6) is -0.00144. The number of thiazole rings is 1. The van der Waals surface area contributed by atoms with Crippen molar-refractivity contribution in [2.75, 3.05) is 13.2 Å². The number of amides is 1. The van der Waals surface area contributed by atoms with Crippen molar-refractivity contribution in [1.29, 1.82) is 0 Å². The van der Waals surface area contributed by atoms with E-state index in [0.29, 0.717) is 12.1 Å². The Morgan fingerprint density at radius 1 is 1.55 bits per heavy atom. The maximum absolute atomic E-state index is 12.6. The third kappa shape index (κ3) is 2.33. The molecule has 5 nitrogen and oxygen atoms in total. The molecule has 108 valence electrons. The maximum atomic E-state index is 12.6. The van der Waals surface area contributed by atoms with Gasteiger partial charge in [0.15, 0.2) is 4.96 Å². The number of fused-ring (bicyclic) bond motifs is 1. The maximum Gasteiger partial charge on any atom is 0.274 e. The first-order valence-corrected chi connectivity index (χ1v) is 7.93. The minimum Gasteiger partial charge on any atom is -0.396 e. The topological polar surface area (TPSA) is 57.8 Å². The highest BCUT2D eigenvalue weighted by Crippen LogP contribution is 2.23. The van der Waals surface area contributed by atoms with Crippen LogP contribution in [0, 0.1) is 6.92 Å². The fourth-order valence-corrected chi connectivity index (χ4v) is 3.71. The van der Waals surface area contributed by atoms with Gasteiger partial charge in [0.05, 0.1) is 0 Å². The molecule has 0 bridgehead atoms. The number of aromatic nitrogens is 2. The predicted molar refractivity (Wildman–Crippen MR) is 78.2 cm³/mol. The van der Waals surface area contributed by atoms with Crippen LogP contribution in [0.1, 0.15) is 41.9 Å². The van der Waals surface area contributed by atoms with E-state index in [9.17, 15) is 4.79 Å². The number of piperidine rings is 1. The lowest BCUT2D eigenvalue weighted by molar-refractivity contribution is 0.0569. The number of carbonyl (C=O) groups is 1. The van der Waals surface area contributed by atoms with E-state index < -0.39 is 0 Å². The number of hydrogen-bond donors (Lipinski definition) is 1. The van der Waals surface area contributed by atoms with Crippen LogP contribution in [0.25, 0.3) is 4.96 Å². The number of carbonyl (C=O) groups excluding carboxylic acids is 1. The first kappa shape index (κ1) is 13.6. The molecule has 0 aromatic carbocycles. The lowest BCUT2D eigenvalue weighted by Gasteiger charge is -2.35. The molecule has 1 amide bonds. The average Bonchev–Trinajstić information content (AvgIpc) is 3.02. The summed E-state index contributed by atoms with van der Waals surface area (Å²) in [5, 5.41) is 11.2. The van der Waals surface area contributed by atoms with Crippen LogP contribution in [0.4, 0.5) is 0 Å². The van der Waals surface area contributed by atoms with Gasteiger partial charge in [0.2, 0.25) is 0 Å². The summed E-state index contributed by atoms with van der Waals surface area (Å²) in [7, 11) is 0. The Bertz CT molecular complexity index is 617. The normalized spacial score (nSPS) is 19.7. The minimum absolute atomic E-state index is 0.00144. The summed E-state index contributed by atoms with van der Waals surface area (Å²) in [6.45, 7) is 2.91. The van der Waals surface area contributed by atoms with Crippen LogP contribution in [0.5, 0.6) is 0 Å². The standard InChI is InChI=1S/C14H19N3O2S/c1-10-9-20-14-15-12(8-17(10)14)13(19)16-6-3-2-4-11(16)5-7-18/h8-9,11,18H,2-7H2,1H3. The summed E-state index contributed by atoms with van der Waals surface area (Å²) < 4.78 is 1.96. The Morgan fingerprint density at radius 2 is 2.40 bits per heavy atom. The monoisotopic (exact) mass is 293 g/mol. The van der Waals surface area contributed by atoms with E-state index in [1.54, 1.807) is 11.3 Å². The molecule has 20 heavy (non-hydrogen) atoms. The number of hydrogen-bond acceptors (Lipinski definition) is 4. The fraction of sp³-hybridized carbons (Fsp3) is 0.571. The Morgan fingerprint density at radius 3 is 3.15 bits per heavy atom. The van der Waals surface area contributed by atoms with E-state index in [2.05, 4.69) is 4.98 Å². The van der Waals surface area contributed by atoms with Crippen LogP contribution in [0.3, 0.4) is 0 Å². The van der Waals surface area contributed by atoms with Crippen LogP contribution in [0.2, 0.25) is 0 Å². The molecular weight excluding hydrogens is 274 g/mol. The highest BCUT2D eigenvalue weighted by atomic mass is 32.1. The molecule has 0 spiro atoms. The van der Waals surface area contributed by atoms with Gasteiger partial charge in [0, 0.05) is 36.5 Å². The molecule has 0 radical (unpaired) electrons. The van der Waals surface area contributed by atoms with Gasteiger partial charge < -0.3 is 10.0 Å². The number of nitrogens with zero attached hydrogens (tertiary/aromatic N) is 3. The number of likely N-dealkylation sites (tertiary alicyclic amines) is 1. The van der Waals surface area contributed by atoms with Crippen LogP contribution >= 0.6 is 11.3 Å². The van der Waals surface area contributed by atoms with Crippen molar-refractivity contribution in [3.05, 3.63) is 23.0 Å². The molecule has 1 fully saturated rings. The number of aliphatic hydroxyl groups is 1. The average molecular weight is 293 g/mol. The van der Waals surface area contributed by atoms with Crippen LogP contribution in [-0.2, 0) is 0 Å². The Balaban J connectivity index is 1.85. The summed E-state index contributed by atoms with van der Waals surface area (Å²) in [6, 6.07) is 0.155. The molecule has 0 saturated carbocycles. The van der Waals surface area contributed by atoms with Crippen molar-refractivity contribution in [3.8, 4) is 0 Å². The predicted octanol–water partition coefficient (Wildman–Crippen LogP) is 2.08. The molecule has 1 unspecified atom stereocenters. The van der Waals surface area contributed by atoms with Gasteiger partial charge in [-0.3, -0.25) is 9.20 Å². The largest absolute Gasteiger partial charge is 0.396 e. The molecule has 1 aliphatic rings. The van der Waals surface area contributed by atoms with E-state index in [-0.39, 0.29) is 18.6 Å². The second-order valence-corrected chi connectivity index (χ2v) is 6.15. The summed E-state index contributed by atoms with van der Waals surface area (Å²) in [5.41, 5.74) is 1.62. The molecule has 1 saturated heterocycles. The number of aryl methyl sites for hydroxylation is 1. The smallest absolute Gasteiger partial charge is 0.274 e. The van der Waals surface area contributed by atoms with Crippen LogP contribution in [-0.4, -0.2) is 44.5 Å². The molecule has 3 heterocycles. The van der Waals surface area contributed by atoms with Gasteiger partial charge in [-0.05, 0) is 32.6 Å². The summed E-state index contributed by atoms with van der Waals surface area (Å²) in [4.78, 5) is 19.8. The number of rotatable bonds is 3. The van der Waals surface area contributed by atoms with Gasteiger partial charge in [-0.1, -0.05) is 0 Å². The summed E-state index contributed by atoms with van der Waals surface area (Å²) in [6.07, 6.45) is 5.63. The SMILES string of the molecule is Cc1csc2nc(C(=O)N3CCCCC3CCO)cn12. The quantitative estimate of drug-likeness (QED) is 0.942. The van der Waals surface area contributed by atoms with Crippen LogP contribution in [0.15, 0.2) is 11.6 Å². The first-order chi connectivity index (χ1) is 9.70. The molecule has 1 aliphatic heterocycles. The minimum atomic E-state index is -0.00144. The van der Waals surface area contributed by atoms with Gasteiger partial charge >= 0.3 is 0 Å². The molecule has 2 aromatic heterocycles. The Labute approximate surface area is 121 Å². The Kier molecular flexibility index (Phi) is 3.76. The zero-order valence-corrected chi connectivity index (χ0v) is 12.4. The highest BCUT2D eigenvalue weighted by Gasteiger charge is 2.28. The van der Waals surface area contributed by atoms with Crippen LogP contribution < -0.4 is 0 Å². The molecule has 3 rings (SSSR count). The van der Waals surface area contributed by atoms with E-state index in [1.165, 1.54) is 0 Å². The summed E-state index contributed by atoms with van der Waals surface area (Å²) >= 11 is 1.55. The van der Waals surface area contributed by atoms with E-state index in [0.717, 1.165) is 36.5 Å². The first-order valence-electron chi connectivity index (χ1n) is 7.05. The molecule has 6 heteroatoms. The van der Waals surface area contributed by atoms with Crippen molar-refractivity contribution < 1.29 is 9.90 Å². The highest BCUT2D eigenvalue weighted by molar-refractivity contribution is 7.15. The van der Waals surface area contributed by atoms with Crippen molar-refractivity contribution in [2.45, 2.75) is 38.6 Å². The lowest BCUT2D eigenvalue weighted by atomic mass is 9.99. The van der Waals surface area contributed by atoms with Gasteiger partial charge in [-0.15, -0.1) is 11.3 Å². The fourth-order valence-electron chi connectivity index (χ4n) is 2.86. The third-order valence-electron chi connectivity index (χ3n) is 3.96. The van der Waals surface area contributed by atoms with Gasteiger partial charge in [0.25, 0.3) is 5.91 Å². The van der Waals surface area contributed by atoms with Crippen molar-refractivity contribution >= 4 is 22.2 Å². The molecule has 1 atom stereocenters. The van der Waals surface area contributed by atoms with Gasteiger partial charge in [0.1, 0.15) is 5.69 Å². The number of aliphatic hydroxyl groups excluding tert-OH is 1. The van der Waals surface area contributed by atoms with E-state index in [1.807, 2.05) is 27.8 Å². The lowest BCUT2D eigenvalue weighted by Crippen LogP contribution is -2.44.